The van der Waals surface area contributed by atoms with E-state index in [0.29, 0.717) is 12.5 Å². The number of rotatable bonds is 9. The van der Waals surface area contributed by atoms with Crippen molar-refractivity contribution in [2.45, 2.75) is 52.8 Å². The van der Waals surface area contributed by atoms with Gasteiger partial charge >= 0.3 is 0 Å². The Labute approximate surface area is 174 Å². The second-order valence-electron chi connectivity index (χ2n) is 8.20. The van der Waals surface area contributed by atoms with Crippen molar-refractivity contribution in [1.82, 2.24) is 4.98 Å². The zero-order valence-electron chi connectivity index (χ0n) is 17.0. The zero-order chi connectivity index (χ0) is 19.9. The third kappa shape index (κ3) is 7.76. The van der Waals surface area contributed by atoms with Crippen molar-refractivity contribution in [2.24, 2.45) is 11.3 Å². The van der Waals surface area contributed by atoms with Crippen LogP contribution in [-0.4, -0.2) is 26.7 Å². The van der Waals surface area contributed by atoms with Gasteiger partial charge in [-0.15, -0.1) is 0 Å². The molecule has 1 aromatic heterocycles. The Morgan fingerprint density at radius 3 is 2.37 bits per heavy atom. The van der Waals surface area contributed by atoms with E-state index in [9.17, 15) is 0 Å². The van der Waals surface area contributed by atoms with Gasteiger partial charge in [-0.25, -0.2) is 0 Å². The molecule has 1 heterocycles. The zero-order valence-corrected chi connectivity index (χ0v) is 19.6. The van der Waals surface area contributed by atoms with Crippen LogP contribution in [0.4, 0.5) is 0 Å². The van der Waals surface area contributed by atoms with E-state index in [1.165, 1.54) is 5.56 Å². The smallest absolute Gasteiger partial charge is 0.205 e. The molecule has 1 radical (unpaired) electrons. The summed E-state index contributed by atoms with van der Waals surface area (Å²) in [4.78, 5) is 4.25. The molecule has 0 bridgehead atoms. The minimum atomic E-state index is -0.769. The lowest BCUT2D eigenvalue weighted by molar-refractivity contribution is 0.0220. The van der Waals surface area contributed by atoms with Gasteiger partial charge in [0.2, 0.25) is 9.04 Å². The molecule has 2 rings (SSSR count). The molecule has 147 valence electrons. The number of pyridine rings is 1. The first-order chi connectivity index (χ1) is 12.8. The monoisotopic (exact) mass is 448 g/mol. The molecule has 5 heteroatoms. The number of aryl methyl sites for hydroxylation is 1. The molecule has 1 unspecified atom stereocenters. The summed E-state index contributed by atoms with van der Waals surface area (Å²) in [7, 11) is -0.769. The fourth-order valence-corrected chi connectivity index (χ4v) is 3.98. The molecular weight excluding hydrogens is 418 g/mol. The van der Waals surface area contributed by atoms with Gasteiger partial charge in [-0.2, -0.15) is 0 Å². The van der Waals surface area contributed by atoms with E-state index in [-0.39, 0.29) is 11.5 Å². The molecule has 0 spiro atoms. The van der Waals surface area contributed by atoms with Crippen molar-refractivity contribution in [3.05, 3.63) is 58.8 Å². The summed E-state index contributed by atoms with van der Waals surface area (Å²) in [5, 5.41) is 0. The maximum absolute atomic E-state index is 6.45. The Bertz CT molecular complexity index is 671. The summed E-state index contributed by atoms with van der Waals surface area (Å²) < 4.78 is 13.6. The number of nitrogens with zero attached hydrogens (tertiary/aromatic N) is 1. The van der Waals surface area contributed by atoms with E-state index in [1.54, 1.807) is 0 Å². The molecule has 0 saturated heterocycles. The molecule has 0 amide bonds. The van der Waals surface area contributed by atoms with Crippen molar-refractivity contribution in [1.29, 1.82) is 0 Å². The highest BCUT2D eigenvalue weighted by molar-refractivity contribution is 9.10. The number of benzene rings is 1. The van der Waals surface area contributed by atoms with E-state index in [1.807, 2.05) is 42.7 Å². The SMILES string of the molecule is C[Si](C)OC[C@@H](Oc1ccc(Br)cc1)C(CCc1cccnc1)C(C)(C)C. The van der Waals surface area contributed by atoms with Gasteiger partial charge in [0.25, 0.3) is 0 Å². The number of ether oxygens (including phenoxy) is 1. The van der Waals surface area contributed by atoms with Gasteiger partial charge in [0, 0.05) is 22.8 Å². The third-order valence-corrected chi connectivity index (χ3v) is 5.94. The molecule has 0 saturated carbocycles. The third-order valence-electron chi connectivity index (χ3n) is 4.67. The van der Waals surface area contributed by atoms with Crippen LogP contribution in [0, 0.1) is 11.3 Å². The van der Waals surface area contributed by atoms with E-state index in [0.717, 1.165) is 23.1 Å². The first-order valence-corrected chi connectivity index (χ1v) is 12.7. The number of hydrogen-bond acceptors (Lipinski definition) is 3. The van der Waals surface area contributed by atoms with Crippen molar-refractivity contribution in [3.8, 4) is 5.75 Å². The average molecular weight is 449 g/mol. The Balaban J connectivity index is 2.18. The molecule has 0 aliphatic rings. The molecule has 0 N–H and O–H groups in total. The van der Waals surface area contributed by atoms with Crippen LogP contribution in [0.1, 0.15) is 32.8 Å². The van der Waals surface area contributed by atoms with Crippen LogP contribution in [0.5, 0.6) is 5.75 Å². The average Bonchev–Trinajstić information content (AvgIpc) is 2.61. The standard InChI is InChI=1S/C22H31BrNO2Si/c1-22(2,3)20(13-8-17-7-6-14-24-15-17)21(16-25-27(4)5)26-19-11-9-18(23)10-12-19/h6-7,9-12,14-15,20-21H,8,13,16H2,1-5H3/t20?,21-/m1/s1. The lowest BCUT2D eigenvalue weighted by Gasteiger charge is -2.37. The highest BCUT2D eigenvalue weighted by Gasteiger charge is 2.34. The van der Waals surface area contributed by atoms with E-state index in [4.69, 9.17) is 9.16 Å². The summed E-state index contributed by atoms with van der Waals surface area (Å²) in [5.41, 5.74) is 1.38. The summed E-state index contributed by atoms with van der Waals surface area (Å²) in [5.74, 6) is 1.26. The van der Waals surface area contributed by atoms with Gasteiger partial charge in [-0.3, -0.25) is 4.98 Å². The molecular formula is C22H31BrNO2Si. The number of hydrogen-bond donors (Lipinski definition) is 0. The first-order valence-electron chi connectivity index (χ1n) is 9.50. The lowest BCUT2D eigenvalue weighted by atomic mass is 9.74. The molecule has 0 aliphatic heterocycles. The second kappa shape index (κ2) is 10.4. The Hall–Kier alpha value is -1.17. The largest absolute Gasteiger partial charge is 0.488 e. The van der Waals surface area contributed by atoms with Gasteiger partial charge in [-0.05, 0) is 67.2 Å². The number of halogens is 1. The second-order valence-corrected chi connectivity index (χ2v) is 11.2. The predicted octanol–water partition coefficient (Wildman–Crippen LogP) is 6.15. The van der Waals surface area contributed by atoms with Gasteiger partial charge in [0.15, 0.2) is 0 Å². The van der Waals surface area contributed by atoms with Crippen molar-refractivity contribution < 1.29 is 9.16 Å². The maximum atomic E-state index is 6.45. The van der Waals surface area contributed by atoms with Gasteiger partial charge in [0.1, 0.15) is 11.9 Å². The van der Waals surface area contributed by atoms with E-state index >= 15 is 0 Å². The summed E-state index contributed by atoms with van der Waals surface area (Å²) in [6.45, 7) is 11.9. The highest BCUT2D eigenvalue weighted by Crippen LogP contribution is 2.35. The lowest BCUT2D eigenvalue weighted by Crippen LogP contribution is -2.40. The summed E-state index contributed by atoms with van der Waals surface area (Å²) >= 11 is 3.49. The van der Waals surface area contributed by atoms with Crippen LogP contribution in [-0.2, 0) is 10.8 Å². The maximum Gasteiger partial charge on any atom is 0.205 e. The minimum absolute atomic E-state index is 0.0164. The van der Waals surface area contributed by atoms with Crippen LogP contribution in [0.25, 0.3) is 0 Å². The molecule has 2 aromatic rings. The topological polar surface area (TPSA) is 31.4 Å². The van der Waals surface area contributed by atoms with E-state index < -0.39 is 9.04 Å². The van der Waals surface area contributed by atoms with E-state index in [2.05, 4.69) is 60.8 Å². The Morgan fingerprint density at radius 2 is 1.81 bits per heavy atom. The fourth-order valence-electron chi connectivity index (χ4n) is 3.21. The van der Waals surface area contributed by atoms with Crippen LogP contribution in [0.3, 0.4) is 0 Å². The highest BCUT2D eigenvalue weighted by atomic mass is 79.9. The molecule has 3 nitrogen and oxygen atoms in total. The minimum Gasteiger partial charge on any atom is -0.488 e. The van der Waals surface area contributed by atoms with Crippen molar-refractivity contribution >= 4 is 25.0 Å². The molecule has 2 atom stereocenters. The molecule has 0 fully saturated rings. The Morgan fingerprint density at radius 1 is 1.11 bits per heavy atom. The molecule has 27 heavy (non-hydrogen) atoms. The first kappa shape index (κ1) is 22.1. The van der Waals surface area contributed by atoms with Gasteiger partial charge in [0.05, 0.1) is 6.61 Å². The van der Waals surface area contributed by atoms with Gasteiger partial charge in [-0.1, -0.05) is 42.8 Å². The normalized spacial score (nSPS) is 14.2. The Kier molecular flexibility index (Phi) is 8.51. The van der Waals surface area contributed by atoms with Crippen molar-refractivity contribution in [3.63, 3.8) is 0 Å². The van der Waals surface area contributed by atoms with Crippen LogP contribution in [0.15, 0.2) is 53.3 Å². The quantitative estimate of drug-likeness (QED) is 0.430. The molecule has 0 aliphatic carbocycles. The summed E-state index contributed by atoms with van der Waals surface area (Å²) in [6, 6.07) is 12.2. The van der Waals surface area contributed by atoms with Gasteiger partial charge < -0.3 is 9.16 Å². The molecule has 1 aromatic carbocycles. The van der Waals surface area contributed by atoms with Crippen LogP contribution < -0.4 is 4.74 Å². The number of aromatic nitrogens is 1. The van der Waals surface area contributed by atoms with Crippen molar-refractivity contribution in [2.75, 3.05) is 6.61 Å². The summed E-state index contributed by atoms with van der Waals surface area (Å²) in [6.07, 6.45) is 5.83. The predicted molar refractivity (Wildman–Crippen MR) is 117 cm³/mol. The fraction of sp³-hybridized carbons (Fsp3) is 0.500. The van der Waals surface area contributed by atoms with Crippen LogP contribution >= 0.6 is 15.9 Å². The van der Waals surface area contributed by atoms with Crippen LogP contribution in [0.2, 0.25) is 13.1 Å².